The molecule has 2 N–H and O–H groups in total. The molecule has 1 saturated heterocycles. The predicted molar refractivity (Wildman–Crippen MR) is 97.3 cm³/mol. The number of amides is 2. The van der Waals surface area contributed by atoms with Crippen LogP contribution < -0.4 is 10.6 Å². The Hall–Kier alpha value is -3.62. The molecular weight excluding hydrogens is 368 g/mol. The number of nitrogens with one attached hydrogen (secondary N) is 2. The van der Waals surface area contributed by atoms with Crippen molar-refractivity contribution in [2.24, 2.45) is 0 Å². The number of halogens is 2. The van der Waals surface area contributed by atoms with Gasteiger partial charge in [0.05, 0.1) is 0 Å². The average molecular weight is 385 g/mol. The van der Waals surface area contributed by atoms with E-state index in [4.69, 9.17) is 0 Å². The molecule has 9 heteroatoms. The van der Waals surface area contributed by atoms with Gasteiger partial charge in [-0.15, -0.1) is 0 Å². The molecule has 0 spiro atoms. The second-order valence-corrected chi connectivity index (χ2v) is 6.28. The fourth-order valence-corrected chi connectivity index (χ4v) is 2.87. The number of allylic oxidation sites excluding steroid dienone is 3. The average Bonchev–Trinajstić information content (AvgIpc) is 2.90. The van der Waals surface area contributed by atoms with E-state index in [9.17, 15) is 18.4 Å². The molecule has 2 amide bonds. The fourth-order valence-electron chi connectivity index (χ4n) is 2.87. The van der Waals surface area contributed by atoms with E-state index in [1.54, 1.807) is 25.3 Å². The highest BCUT2D eigenvalue weighted by Crippen LogP contribution is 2.34. The summed E-state index contributed by atoms with van der Waals surface area (Å²) < 4.78 is 27.3. The minimum Gasteiger partial charge on any atom is -0.344 e. The number of hydrogen-bond acceptors (Lipinski definition) is 5. The minimum absolute atomic E-state index is 0.0333. The quantitative estimate of drug-likeness (QED) is 0.610. The summed E-state index contributed by atoms with van der Waals surface area (Å²) in [4.78, 5) is 33.1. The highest BCUT2D eigenvalue weighted by atomic mass is 19.1. The largest absolute Gasteiger partial charge is 0.344 e. The smallest absolute Gasteiger partial charge is 0.270 e. The summed E-state index contributed by atoms with van der Waals surface area (Å²) >= 11 is 0. The maximum absolute atomic E-state index is 13.6. The Kier molecular flexibility index (Phi) is 5.16. The number of carbonyl (C=O) groups is 2. The molecule has 0 saturated carbocycles. The highest BCUT2D eigenvalue weighted by Gasteiger charge is 2.45. The first-order valence-corrected chi connectivity index (χ1v) is 8.29. The molecule has 0 radical (unpaired) electrons. The van der Waals surface area contributed by atoms with E-state index < -0.39 is 23.2 Å². The van der Waals surface area contributed by atoms with Crippen molar-refractivity contribution in [3.05, 3.63) is 77.5 Å². The van der Waals surface area contributed by atoms with Gasteiger partial charge in [0.25, 0.3) is 5.91 Å². The molecule has 1 aliphatic rings. The minimum atomic E-state index is -1.42. The number of aromatic nitrogens is 2. The van der Waals surface area contributed by atoms with E-state index in [1.165, 1.54) is 19.3 Å². The van der Waals surface area contributed by atoms with Crippen LogP contribution in [-0.2, 0) is 15.3 Å². The lowest BCUT2D eigenvalue weighted by atomic mass is 10.0. The Morgan fingerprint density at radius 3 is 2.61 bits per heavy atom. The lowest BCUT2D eigenvalue weighted by Gasteiger charge is -2.31. The summed E-state index contributed by atoms with van der Waals surface area (Å²) in [6.07, 6.45) is 6.42. The summed E-state index contributed by atoms with van der Waals surface area (Å²) in [6.45, 7) is 3.24. The van der Waals surface area contributed by atoms with Gasteiger partial charge in [0.2, 0.25) is 6.41 Å². The number of carbonyl (C=O) groups excluding carboxylic acids is 2. The normalized spacial score (nSPS) is 21.0. The fraction of sp³-hybridized carbons (Fsp3) is 0.158. The zero-order valence-electron chi connectivity index (χ0n) is 15.1. The van der Waals surface area contributed by atoms with Crippen molar-refractivity contribution in [3.8, 4) is 0 Å². The summed E-state index contributed by atoms with van der Waals surface area (Å²) in [5.74, 6) is -1.60. The van der Waals surface area contributed by atoms with Gasteiger partial charge < -0.3 is 10.6 Å². The van der Waals surface area contributed by atoms with Gasteiger partial charge in [-0.3, -0.25) is 14.5 Å². The second kappa shape index (κ2) is 7.55. The van der Waals surface area contributed by atoms with Crippen LogP contribution in [0.3, 0.4) is 0 Å². The van der Waals surface area contributed by atoms with Crippen LogP contribution in [-0.4, -0.2) is 27.2 Å². The van der Waals surface area contributed by atoms with E-state index in [1.807, 2.05) is 0 Å². The maximum atomic E-state index is 13.6. The number of hydrogen-bond donors (Lipinski definition) is 2. The number of anilines is 1. The van der Waals surface area contributed by atoms with Crippen molar-refractivity contribution in [2.75, 3.05) is 5.32 Å². The third-order valence-corrected chi connectivity index (χ3v) is 4.26. The Morgan fingerprint density at radius 1 is 1.29 bits per heavy atom. The zero-order valence-corrected chi connectivity index (χ0v) is 15.1. The Balaban J connectivity index is 1.91. The molecular formula is C19H17F2N5O2. The maximum Gasteiger partial charge on any atom is 0.270 e. The van der Waals surface area contributed by atoms with Gasteiger partial charge >= 0.3 is 0 Å². The van der Waals surface area contributed by atoms with Gasteiger partial charge in [-0.25, -0.2) is 18.7 Å². The van der Waals surface area contributed by atoms with Crippen LogP contribution in [0.25, 0.3) is 0 Å². The molecule has 1 aliphatic heterocycles. The van der Waals surface area contributed by atoms with E-state index in [-0.39, 0.29) is 11.3 Å². The summed E-state index contributed by atoms with van der Waals surface area (Å²) in [6, 6.07) is 4.53. The van der Waals surface area contributed by atoms with Crippen LogP contribution in [0.5, 0.6) is 0 Å². The lowest BCUT2D eigenvalue weighted by Crippen LogP contribution is -2.45. The van der Waals surface area contributed by atoms with Crippen molar-refractivity contribution >= 4 is 18.1 Å². The highest BCUT2D eigenvalue weighted by molar-refractivity contribution is 5.99. The van der Waals surface area contributed by atoms with Crippen LogP contribution >= 0.6 is 0 Å². The van der Waals surface area contributed by atoms with Crippen molar-refractivity contribution in [3.63, 3.8) is 0 Å². The summed E-state index contributed by atoms with van der Waals surface area (Å²) in [5.41, 5.74) is -0.634. The van der Waals surface area contributed by atoms with Crippen molar-refractivity contribution in [1.82, 2.24) is 20.2 Å². The number of nitrogens with zero attached hydrogens (tertiary/aromatic N) is 3. The van der Waals surface area contributed by atoms with E-state index in [2.05, 4.69) is 20.6 Å². The summed E-state index contributed by atoms with van der Waals surface area (Å²) in [7, 11) is 0. The van der Waals surface area contributed by atoms with Crippen molar-refractivity contribution < 1.29 is 18.4 Å². The Morgan fingerprint density at radius 2 is 2.00 bits per heavy atom. The molecule has 7 nitrogen and oxygen atoms in total. The number of rotatable bonds is 5. The SMILES string of the molecule is C/C(=C\C=C1\C(=O)NC(C)(c2cc(F)cc(F)c2)N1C=O)Nc1ccncn1. The molecule has 2 heterocycles. The monoisotopic (exact) mass is 385 g/mol. The molecule has 1 atom stereocenters. The molecule has 28 heavy (non-hydrogen) atoms. The van der Waals surface area contributed by atoms with Gasteiger partial charge in [0, 0.05) is 23.5 Å². The van der Waals surface area contributed by atoms with Gasteiger partial charge in [-0.05, 0) is 44.2 Å². The standard InChI is InChI=1S/C19H17F2N5O2/c1-12(24-17-5-6-22-10-23-17)3-4-16-18(28)25-19(2,26(16)11-27)13-7-14(20)9-15(21)8-13/h3-11H,1-2H3,(H,25,28)(H,22,23,24)/b12-3+,16-4-. The van der Waals surface area contributed by atoms with Gasteiger partial charge in [0.15, 0.2) is 0 Å². The van der Waals surface area contributed by atoms with Crippen LogP contribution in [0.15, 0.2) is 60.3 Å². The Bertz CT molecular complexity index is 957. The van der Waals surface area contributed by atoms with Gasteiger partial charge in [-0.1, -0.05) is 0 Å². The van der Waals surface area contributed by atoms with E-state index >= 15 is 0 Å². The van der Waals surface area contributed by atoms with Crippen LogP contribution in [0.1, 0.15) is 19.4 Å². The number of benzene rings is 1. The van der Waals surface area contributed by atoms with Crippen molar-refractivity contribution in [2.45, 2.75) is 19.5 Å². The third-order valence-electron chi connectivity index (χ3n) is 4.26. The molecule has 1 unspecified atom stereocenters. The molecule has 1 fully saturated rings. The first kappa shape index (κ1) is 19.2. The second-order valence-electron chi connectivity index (χ2n) is 6.28. The molecule has 0 bridgehead atoms. The molecule has 2 aromatic rings. The van der Waals surface area contributed by atoms with Gasteiger partial charge in [-0.2, -0.15) is 0 Å². The zero-order chi connectivity index (χ0) is 20.3. The molecule has 0 aliphatic carbocycles. The molecule has 3 rings (SSSR count). The molecule has 1 aromatic heterocycles. The first-order valence-electron chi connectivity index (χ1n) is 8.29. The van der Waals surface area contributed by atoms with Crippen LogP contribution in [0.4, 0.5) is 14.6 Å². The Labute approximate surface area is 159 Å². The lowest BCUT2D eigenvalue weighted by molar-refractivity contribution is -0.120. The molecule has 144 valence electrons. The third kappa shape index (κ3) is 3.73. The summed E-state index contributed by atoms with van der Waals surface area (Å²) in [5, 5.41) is 5.62. The molecule has 1 aromatic carbocycles. The van der Waals surface area contributed by atoms with Crippen LogP contribution in [0, 0.1) is 11.6 Å². The van der Waals surface area contributed by atoms with E-state index in [0.717, 1.165) is 23.1 Å². The van der Waals surface area contributed by atoms with Gasteiger partial charge in [0.1, 0.15) is 35.1 Å². The topological polar surface area (TPSA) is 87.2 Å². The van der Waals surface area contributed by atoms with Crippen LogP contribution in [0.2, 0.25) is 0 Å². The van der Waals surface area contributed by atoms with Crippen molar-refractivity contribution in [1.29, 1.82) is 0 Å². The predicted octanol–water partition coefficient (Wildman–Crippen LogP) is 2.42. The first-order chi connectivity index (χ1) is 13.3. The van der Waals surface area contributed by atoms with E-state index in [0.29, 0.717) is 17.9 Å².